The van der Waals surface area contributed by atoms with Gasteiger partial charge in [-0.05, 0) is 37.8 Å². The van der Waals surface area contributed by atoms with Crippen molar-refractivity contribution in [3.63, 3.8) is 0 Å². The molecule has 5 heteroatoms. The first-order valence-corrected chi connectivity index (χ1v) is 9.29. The van der Waals surface area contributed by atoms with Gasteiger partial charge in [0.1, 0.15) is 5.41 Å². The topological polar surface area (TPSA) is 60.9 Å². The number of hydrogen-bond acceptors (Lipinski definition) is 3. The summed E-state index contributed by atoms with van der Waals surface area (Å²) in [4.78, 5) is 29.0. The van der Waals surface area contributed by atoms with Gasteiger partial charge in [-0.3, -0.25) is 9.59 Å². The summed E-state index contributed by atoms with van der Waals surface area (Å²) in [5.41, 5.74) is 0.917. The van der Waals surface area contributed by atoms with Gasteiger partial charge in [-0.25, -0.2) is 0 Å². The van der Waals surface area contributed by atoms with E-state index in [-0.39, 0.29) is 11.8 Å². The molecule has 2 saturated heterocycles. The molecule has 1 aliphatic carbocycles. The molecule has 2 aliphatic heterocycles. The largest absolute Gasteiger partial charge is 0.481 e. The summed E-state index contributed by atoms with van der Waals surface area (Å²) < 4.78 is 0. The number of carboxylic acid groups (broad SMARTS) is 1. The minimum atomic E-state index is -0.788. The van der Waals surface area contributed by atoms with Crippen LogP contribution >= 0.6 is 0 Å². The molecule has 134 valence electrons. The van der Waals surface area contributed by atoms with E-state index in [0.29, 0.717) is 25.2 Å². The maximum atomic E-state index is 12.8. The van der Waals surface area contributed by atoms with E-state index in [9.17, 15) is 14.7 Å². The molecule has 0 bridgehead atoms. The molecule has 1 N–H and O–H groups in total. The fourth-order valence-electron chi connectivity index (χ4n) is 4.77. The van der Waals surface area contributed by atoms with Crippen LogP contribution in [0.2, 0.25) is 0 Å². The SMILES string of the molecule is Cc1cccc(C(=O)N2C[C@H]3CN(CC4CCC4)C[C@@]3(C(=O)O)C2)c1. The molecule has 0 unspecified atom stereocenters. The quantitative estimate of drug-likeness (QED) is 0.912. The maximum absolute atomic E-state index is 12.8. The molecule has 0 spiro atoms. The van der Waals surface area contributed by atoms with Gasteiger partial charge < -0.3 is 14.9 Å². The van der Waals surface area contributed by atoms with Crippen molar-refractivity contribution >= 4 is 11.9 Å². The Morgan fingerprint density at radius 1 is 1.24 bits per heavy atom. The number of carbonyl (C=O) groups excluding carboxylic acids is 1. The summed E-state index contributed by atoms with van der Waals surface area (Å²) in [7, 11) is 0. The molecular formula is C20H26N2O3. The minimum Gasteiger partial charge on any atom is -0.481 e. The van der Waals surface area contributed by atoms with Crippen molar-refractivity contribution < 1.29 is 14.7 Å². The second-order valence-electron chi connectivity index (χ2n) is 8.20. The lowest BCUT2D eigenvalue weighted by atomic mass is 9.81. The monoisotopic (exact) mass is 342 g/mol. The van der Waals surface area contributed by atoms with E-state index < -0.39 is 11.4 Å². The van der Waals surface area contributed by atoms with Crippen LogP contribution in [0, 0.1) is 24.2 Å². The van der Waals surface area contributed by atoms with Crippen molar-refractivity contribution in [1.82, 2.24) is 9.80 Å². The van der Waals surface area contributed by atoms with Crippen LogP contribution in [0.1, 0.15) is 35.2 Å². The normalized spacial score (nSPS) is 29.5. The predicted octanol–water partition coefficient (Wildman–Crippen LogP) is 2.25. The zero-order chi connectivity index (χ0) is 17.6. The Hall–Kier alpha value is -1.88. The van der Waals surface area contributed by atoms with Crippen molar-refractivity contribution in [3.05, 3.63) is 35.4 Å². The van der Waals surface area contributed by atoms with Gasteiger partial charge in [0.05, 0.1) is 0 Å². The standard InChI is InChI=1S/C20H26N2O3/c1-14-4-2-7-16(8-14)18(23)22-11-17-10-21(9-15-5-3-6-15)12-20(17,13-22)19(24)25/h2,4,7-8,15,17H,3,5-6,9-13H2,1H3,(H,24,25)/t17-,20-/m1/s1. The molecule has 5 nitrogen and oxygen atoms in total. The van der Waals surface area contributed by atoms with Crippen LogP contribution in [-0.2, 0) is 4.79 Å². The Kier molecular flexibility index (Phi) is 4.07. The molecule has 3 aliphatic rings. The number of carboxylic acids is 1. The van der Waals surface area contributed by atoms with Crippen molar-refractivity contribution in [2.24, 2.45) is 17.3 Å². The molecule has 0 aromatic heterocycles. The van der Waals surface area contributed by atoms with Gasteiger partial charge in [-0.1, -0.05) is 24.1 Å². The molecule has 1 amide bonds. The highest BCUT2D eigenvalue weighted by Crippen LogP contribution is 2.44. The second kappa shape index (κ2) is 6.13. The Morgan fingerprint density at radius 3 is 2.64 bits per heavy atom. The molecule has 1 saturated carbocycles. The highest BCUT2D eigenvalue weighted by molar-refractivity contribution is 5.95. The van der Waals surface area contributed by atoms with Crippen LogP contribution in [0.25, 0.3) is 0 Å². The number of benzene rings is 1. The number of likely N-dealkylation sites (tertiary alicyclic amines) is 2. The fraction of sp³-hybridized carbons (Fsp3) is 0.600. The molecule has 25 heavy (non-hydrogen) atoms. The number of carbonyl (C=O) groups is 2. The van der Waals surface area contributed by atoms with E-state index in [1.165, 1.54) is 19.3 Å². The van der Waals surface area contributed by atoms with E-state index in [0.717, 1.165) is 24.6 Å². The highest BCUT2D eigenvalue weighted by atomic mass is 16.4. The lowest BCUT2D eigenvalue weighted by Crippen LogP contribution is -2.43. The molecule has 2 heterocycles. The third kappa shape index (κ3) is 2.84. The van der Waals surface area contributed by atoms with Crippen molar-refractivity contribution in [2.75, 3.05) is 32.7 Å². The fourth-order valence-corrected chi connectivity index (χ4v) is 4.77. The molecule has 4 rings (SSSR count). The van der Waals surface area contributed by atoms with Crippen molar-refractivity contribution in [1.29, 1.82) is 0 Å². The lowest BCUT2D eigenvalue weighted by Gasteiger charge is -2.31. The molecule has 2 atom stereocenters. The summed E-state index contributed by atoms with van der Waals surface area (Å²) in [6, 6.07) is 7.55. The third-order valence-corrected chi connectivity index (χ3v) is 6.40. The van der Waals surface area contributed by atoms with Gasteiger partial charge >= 0.3 is 5.97 Å². The van der Waals surface area contributed by atoms with Gasteiger partial charge in [-0.2, -0.15) is 0 Å². The summed E-state index contributed by atoms with van der Waals surface area (Å²) in [6.45, 7) is 5.27. The van der Waals surface area contributed by atoms with Gasteiger partial charge in [0, 0.05) is 44.2 Å². The van der Waals surface area contributed by atoms with Crippen LogP contribution in [0.15, 0.2) is 24.3 Å². The number of nitrogens with zero attached hydrogens (tertiary/aromatic N) is 2. The smallest absolute Gasteiger partial charge is 0.313 e. The zero-order valence-corrected chi connectivity index (χ0v) is 14.8. The van der Waals surface area contributed by atoms with Gasteiger partial charge in [0.2, 0.25) is 0 Å². The van der Waals surface area contributed by atoms with Crippen LogP contribution in [0.5, 0.6) is 0 Å². The van der Waals surface area contributed by atoms with Gasteiger partial charge in [-0.15, -0.1) is 0 Å². The molecule has 3 fully saturated rings. The Bertz CT molecular complexity index is 700. The lowest BCUT2D eigenvalue weighted by molar-refractivity contribution is -0.148. The number of fused-ring (bicyclic) bond motifs is 1. The Balaban J connectivity index is 1.49. The summed E-state index contributed by atoms with van der Waals surface area (Å²) >= 11 is 0. The number of aliphatic carboxylic acids is 1. The first kappa shape index (κ1) is 16.6. The zero-order valence-electron chi connectivity index (χ0n) is 14.8. The molecule has 0 radical (unpaired) electrons. The Morgan fingerprint density at radius 2 is 2.04 bits per heavy atom. The number of rotatable bonds is 4. The van der Waals surface area contributed by atoms with Crippen molar-refractivity contribution in [3.8, 4) is 0 Å². The van der Waals surface area contributed by atoms with E-state index >= 15 is 0 Å². The van der Waals surface area contributed by atoms with E-state index in [4.69, 9.17) is 0 Å². The maximum Gasteiger partial charge on any atom is 0.313 e. The average molecular weight is 342 g/mol. The number of hydrogen-bond donors (Lipinski definition) is 1. The second-order valence-corrected chi connectivity index (χ2v) is 8.20. The average Bonchev–Trinajstić information content (AvgIpc) is 3.05. The summed E-state index contributed by atoms with van der Waals surface area (Å²) in [5, 5.41) is 9.95. The Labute approximate surface area is 148 Å². The van der Waals surface area contributed by atoms with Crippen LogP contribution in [0.4, 0.5) is 0 Å². The molecular weight excluding hydrogens is 316 g/mol. The number of amides is 1. The van der Waals surface area contributed by atoms with Crippen molar-refractivity contribution in [2.45, 2.75) is 26.2 Å². The third-order valence-electron chi connectivity index (χ3n) is 6.40. The van der Waals surface area contributed by atoms with Gasteiger partial charge in [0.25, 0.3) is 5.91 Å². The van der Waals surface area contributed by atoms with Crippen LogP contribution < -0.4 is 0 Å². The predicted molar refractivity (Wildman–Crippen MR) is 94.4 cm³/mol. The van der Waals surface area contributed by atoms with Crippen LogP contribution in [-0.4, -0.2) is 59.5 Å². The summed E-state index contributed by atoms with van der Waals surface area (Å²) in [5.74, 6) is 0.00551. The molecule has 1 aromatic carbocycles. The first-order valence-electron chi connectivity index (χ1n) is 9.29. The summed E-state index contributed by atoms with van der Waals surface area (Å²) in [6.07, 6.45) is 3.86. The first-order chi connectivity index (χ1) is 12.0. The number of aryl methyl sites for hydroxylation is 1. The molecule has 1 aromatic rings. The van der Waals surface area contributed by atoms with Gasteiger partial charge in [0.15, 0.2) is 0 Å². The van der Waals surface area contributed by atoms with E-state index in [2.05, 4.69) is 4.90 Å². The van der Waals surface area contributed by atoms with Crippen LogP contribution in [0.3, 0.4) is 0 Å². The van der Waals surface area contributed by atoms with E-state index in [1.807, 2.05) is 31.2 Å². The minimum absolute atomic E-state index is 0.0377. The highest BCUT2D eigenvalue weighted by Gasteiger charge is 2.58. The van der Waals surface area contributed by atoms with E-state index in [1.54, 1.807) is 4.90 Å².